The number of nitrogens with two attached hydrogens (primary N) is 1. The lowest BCUT2D eigenvalue weighted by Gasteiger charge is -1.98. The summed E-state index contributed by atoms with van der Waals surface area (Å²) in [6.07, 6.45) is 1.56. The molecule has 0 amide bonds. The zero-order valence-electron chi connectivity index (χ0n) is 8.99. The molecule has 6 heteroatoms. The van der Waals surface area contributed by atoms with Gasteiger partial charge in [0.2, 0.25) is 0 Å². The van der Waals surface area contributed by atoms with Crippen LogP contribution >= 0.6 is 27.5 Å². The summed E-state index contributed by atoms with van der Waals surface area (Å²) in [7, 11) is 0. The van der Waals surface area contributed by atoms with Gasteiger partial charge in [0.25, 0.3) is 5.89 Å². The monoisotopic (exact) mass is 315 g/mol. The minimum absolute atomic E-state index is 0.464. The molecule has 0 radical (unpaired) electrons. The molecule has 2 N–H and O–H groups in total. The molecule has 17 heavy (non-hydrogen) atoms. The summed E-state index contributed by atoms with van der Waals surface area (Å²) in [5.74, 6) is 1.13. The fraction of sp³-hybridized carbons (Fsp3) is 0.273. The Hall–Kier alpha value is -0.910. The standard InChI is InChI=1S/C11H11BrClN3O/c12-9-4-3-7(13)6-8(9)11-15-10(16-17-11)2-1-5-14/h3-4,6H,1-2,5,14H2. The number of halogens is 2. The highest BCUT2D eigenvalue weighted by atomic mass is 79.9. The minimum Gasteiger partial charge on any atom is -0.334 e. The Kier molecular flexibility index (Phi) is 4.15. The van der Waals surface area contributed by atoms with Crippen molar-refractivity contribution >= 4 is 27.5 Å². The van der Waals surface area contributed by atoms with E-state index in [-0.39, 0.29) is 0 Å². The van der Waals surface area contributed by atoms with Gasteiger partial charge >= 0.3 is 0 Å². The van der Waals surface area contributed by atoms with Crippen molar-refractivity contribution < 1.29 is 4.52 Å². The topological polar surface area (TPSA) is 64.9 Å². The zero-order valence-corrected chi connectivity index (χ0v) is 11.3. The van der Waals surface area contributed by atoms with Gasteiger partial charge in [-0.1, -0.05) is 16.8 Å². The summed E-state index contributed by atoms with van der Waals surface area (Å²) in [5.41, 5.74) is 6.22. The van der Waals surface area contributed by atoms with Crippen LogP contribution in [0.3, 0.4) is 0 Å². The molecule has 2 aromatic rings. The molecule has 0 bridgehead atoms. The van der Waals surface area contributed by atoms with Crippen LogP contribution in [0.15, 0.2) is 27.2 Å². The van der Waals surface area contributed by atoms with Crippen LogP contribution in [-0.2, 0) is 6.42 Å². The van der Waals surface area contributed by atoms with Gasteiger partial charge in [-0.3, -0.25) is 0 Å². The van der Waals surface area contributed by atoms with Gasteiger partial charge in [0.05, 0.1) is 5.56 Å². The first-order valence-corrected chi connectivity index (χ1v) is 6.36. The van der Waals surface area contributed by atoms with Crippen LogP contribution in [0.4, 0.5) is 0 Å². The average molecular weight is 317 g/mol. The minimum atomic E-state index is 0.464. The normalized spacial score (nSPS) is 10.8. The van der Waals surface area contributed by atoms with E-state index in [0.717, 1.165) is 22.9 Å². The van der Waals surface area contributed by atoms with Crippen LogP contribution in [0.2, 0.25) is 5.02 Å². The van der Waals surface area contributed by atoms with E-state index in [1.165, 1.54) is 0 Å². The molecule has 0 saturated carbocycles. The molecule has 1 aromatic heterocycles. The first-order valence-electron chi connectivity index (χ1n) is 5.19. The molecule has 0 aliphatic rings. The van der Waals surface area contributed by atoms with Crippen LogP contribution in [0.25, 0.3) is 11.5 Å². The summed E-state index contributed by atoms with van der Waals surface area (Å²) in [6, 6.07) is 5.42. The van der Waals surface area contributed by atoms with Crippen molar-refractivity contribution in [2.75, 3.05) is 6.54 Å². The maximum atomic E-state index is 5.93. The van der Waals surface area contributed by atoms with E-state index in [0.29, 0.717) is 23.3 Å². The third-order valence-electron chi connectivity index (χ3n) is 2.23. The molecular weight excluding hydrogens is 305 g/mol. The molecule has 0 spiro atoms. The van der Waals surface area contributed by atoms with Crippen molar-refractivity contribution in [1.82, 2.24) is 10.1 Å². The predicted molar refractivity (Wildman–Crippen MR) is 69.8 cm³/mol. The Balaban J connectivity index is 2.27. The maximum Gasteiger partial charge on any atom is 0.259 e. The third kappa shape index (κ3) is 3.06. The summed E-state index contributed by atoms with van der Waals surface area (Å²) in [4.78, 5) is 4.30. The summed E-state index contributed by atoms with van der Waals surface area (Å²) >= 11 is 9.35. The lowest BCUT2D eigenvalue weighted by atomic mass is 10.2. The van der Waals surface area contributed by atoms with Gasteiger partial charge < -0.3 is 10.3 Å². The fourth-order valence-electron chi connectivity index (χ4n) is 1.39. The van der Waals surface area contributed by atoms with Crippen LogP contribution < -0.4 is 5.73 Å². The molecule has 4 nitrogen and oxygen atoms in total. The molecule has 0 aliphatic carbocycles. The number of rotatable bonds is 4. The Bertz CT molecular complexity index is 515. The second-order valence-electron chi connectivity index (χ2n) is 3.53. The smallest absolute Gasteiger partial charge is 0.259 e. The van der Waals surface area contributed by atoms with Crippen molar-refractivity contribution in [1.29, 1.82) is 0 Å². The van der Waals surface area contributed by atoms with Gasteiger partial charge in [0, 0.05) is 15.9 Å². The van der Waals surface area contributed by atoms with Crippen LogP contribution in [0, 0.1) is 0 Å². The second-order valence-corrected chi connectivity index (χ2v) is 4.82. The highest BCUT2D eigenvalue weighted by molar-refractivity contribution is 9.10. The fourth-order valence-corrected chi connectivity index (χ4v) is 1.97. The molecule has 0 aliphatic heterocycles. The molecular formula is C11H11BrClN3O. The first kappa shape index (κ1) is 12.5. The number of nitrogens with zero attached hydrogens (tertiary/aromatic N) is 2. The molecule has 0 unspecified atom stereocenters. The van der Waals surface area contributed by atoms with E-state index < -0.39 is 0 Å². The van der Waals surface area contributed by atoms with E-state index >= 15 is 0 Å². The number of benzene rings is 1. The van der Waals surface area contributed by atoms with E-state index in [4.69, 9.17) is 21.9 Å². The van der Waals surface area contributed by atoms with Crippen molar-refractivity contribution in [2.45, 2.75) is 12.8 Å². The second kappa shape index (κ2) is 5.62. The molecule has 0 atom stereocenters. The Morgan fingerprint density at radius 3 is 3.00 bits per heavy atom. The van der Waals surface area contributed by atoms with Crippen molar-refractivity contribution in [3.05, 3.63) is 33.5 Å². The summed E-state index contributed by atoms with van der Waals surface area (Å²) < 4.78 is 6.06. The van der Waals surface area contributed by atoms with E-state index in [1.54, 1.807) is 12.1 Å². The summed E-state index contributed by atoms with van der Waals surface area (Å²) in [5, 5.41) is 4.52. The highest BCUT2D eigenvalue weighted by Crippen LogP contribution is 2.29. The number of hydrogen-bond acceptors (Lipinski definition) is 4. The Morgan fingerprint density at radius 2 is 2.24 bits per heavy atom. The maximum absolute atomic E-state index is 5.93. The number of hydrogen-bond donors (Lipinski definition) is 1. The average Bonchev–Trinajstić information content (AvgIpc) is 2.78. The van der Waals surface area contributed by atoms with Crippen LogP contribution in [-0.4, -0.2) is 16.7 Å². The molecule has 1 aromatic carbocycles. The molecule has 2 rings (SSSR count). The number of aromatic nitrogens is 2. The van der Waals surface area contributed by atoms with Gasteiger partial charge in [0.1, 0.15) is 0 Å². The molecule has 90 valence electrons. The lowest BCUT2D eigenvalue weighted by Crippen LogP contribution is -2.01. The van der Waals surface area contributed by atoms with E-state index in [2.05, 4.69) is 26.1 Å². The van der Waals surface area contributed by atoms with Gasteiger partial charge in [-0.2, -0.15) is 4.98 Å². The Morgan fingerprint density at radius 1 is 1.41 bits per heavy atom. The van der Waals surface area contributed by atoms with Crippen molar-refractivity contribution in [2.24, 2.45) is 5.73 Å². The molecule has 0 fully saturated rings. The Labute approximate surface area is 112 Å². The molecule has 1 heterocycles. The zero-order chi connectivity index (χ0) is 12.3. The summed E-state index contributed by atoms with van der Waals surface area (Å²) in [6.45, 7) is 0.616. The van der Waals surface area contributed by atoms with Gasteiger partial charge in [-0.05, 0) is 47.1 Å². The lowest BCUT2D eigenvalue weighted by molar-refractivity contribution is 0.421. The van der Waals surface area contributed by atoms with Gasteiger partial charge in [-0.15, -0.1) is 0 Å². The van der Waals surface area contributed by atoms with E-state index in [1.807, 2.05) is 6.07 Å². The number of aryl methyl sites for hydroxylation is 1. The molecule has 0 saturated heterocycles. The van der Waals surface area contributed by atoms with Crippen molar-refractivity contribution in [3.8, 4) is 11.5 Å². The van der Waals surface area contributed by atoms with Crippen molar-refractivity contribution in [3.63, 3.8) is 0 Å². The first-order chi connectivity index (χ1) is 8.20. The third-order valence-corrected chi connectivity index (χ3v) is 3.16. The largest absolute Gasteiger partial charge is 0.334 e. The predicted octanol–water partition coefficient (Wildman–Crippen LogP) is 3.04. The quantitative estimate of drug-likeness (QED) is 0.941. The van der Waals surface area contributed by atoms with Crippen LogP contribution in [0.5, 0.6) is 0 Å². The highest BCUT2D eigenvalue weighted by Gasteiger charge is 2.12. The van der Waals surface area contributed by atoms with Crippen LogP contribution in [0.1, 0.15) is 12.2 Å². The van der Waals surface area contributed by atoms with E-state index in [9.17, 15) is 0 Å². The van der Waals surface area contributed by atoms with Gasteiger partial charge in [-0.25, -0.2) is 0 Å². The SMILES string of the molecule is NCCCc1noc(-c2cc(Cl)ccc2Br)n1. The van der Waals surface area contributed by atoms with Gasteiger partial charge in [0.15, 0.2) is 5.82 Å².